The van der Waals surface area contributed by atoms with E-state index in [1.165, 1.54) is 12.8 Å². The summed E-state index contributed by atoms with van der Waals surface area (Å²) in [7, 11) is 0. The summed E-state index contributed by atoms with van der Waals surface area (Å²) in [6, 6.07) is 0. The molecule has 0 aromatic carbocycles. The van der Waals surface area contributed by atoms with Gasteiger partial charge in [0.1, 0.15) is 0 Å². The fraction of sp³-hybridized carbons (Fsp3) is 1.00. The van der Waals surface area contributed by atoms with E-state index in [2.05, 4.69) is 6.92 Å². The molecule has 0 heteroatoms. The highest BCUT2D eigenvalue weighted by molar-refractivity contribution is 4.92. The lowest BCUT2D eigenvalue weighted by Gasteiger charge is -2.49. The molecule has 3 fully saturated rings. The van der Waals surface area contributed by atoms with Crippen molar-refractivity contribution in [2.24, 2.45) is 29.6 Å². The molecule has 0 saturated heterocycles. The standard InChI is InChI=1S/C15H26/c1-11-6-9-15-13(10-11)8-7-12-4-2-3-5-14(12)15/h11-15H,2-10H2,1H3/t11-,12-,13-,14+,15+/m1/s1. The summed E-state index contributed by atoms with van der Waals surface area (Å²) < 4.78 is 0. The van der Waals surface area contributed by atoms with Gasteiger partial charge in [-0.25, -0.2) is 0 Å². The van der Waals surface area contributed by atoms with E-state index in [9.17, 15) is 0 Å². The molecular formula is C15H26. The van der Waals surface area contributed by atoms with Crippen molar-refractivity contribution < 1.29 is 0 Å². The normalized spacial score (nSPS) is 50.6. The average Bonchev–Trinajstić information content (AvgIpc) is 2.28. The van der Waals surface area contributed by atoms with Gasteiger partial charge >= 0.3 is 0 Å². The molecule has 0 aromatic rings. The van der Waals surface area contributed by atoms with Crippen LogP contribution in [-0.4, -0.2) is 0 Å². The molecule has 0 aromatic heterocycles. The SMILES string of the molecule is C[C@@H]1CC[C@H]2[C@H](CC[C@H]3CCCC[C@@H]32)C1. The second-order valence-electron chi connectivity index (χ2n) is 6.63. The summed E-state index contributed by atoms with van der Waals surface area (Å²) in [5.74, 6) is 5.62. The van der Waals surface area contributed by atoms with Gasteiger partial charge in [0.2, 0.25) is 0 Å². The molecule has 3 rings (SSSR count). The van der Waals surface area contributed by atoms with Gasteiger partial charge in [0.05, 0.1) is 0 Å². The lowest BCUT2D eigenvalue weighted by Crippen LogP contribution is -2.39. The van der Waals surface area contributed by atoms with E-state index in [0.717, 1.165) is 29.6 Å². The molecule has 0 spiro atoms. The average molecular weight is 206 g/mol. The van der Waals surface area contributed by atoms with Crippen molar-refractivity contribution >= 4 is 0 Å². The molecule has 0 radical (unpaired) electrons. The summed E-state index contributed by atoms with van der Waals surface area (Å²) in [5, 5.41) is 0. The van der Waals surface area contributed by atoms with Crippen LogP contribution < -0.4 is 0 Å². The molecule has 3 saturated carbocycles. The first-order valence-electron chi connectivity index (χ1n) is 7.34. The molecule has 0 unspecified atom stereocenters. The molecule has 3 aliphatic carbocycles. The van der Waals surface area contributed by atoms with Crippen molar-refractivity contribution in [1.29, 1.82) is 0 Å². The molecular weight excluding hydrogens is 180 g/mol. The van der Waals surface area contributed by atoms with Crippen LogP contribution >= 0.6 is 0 Å². The van der Waals surface area contributed by atoms with Crippen molar-refractivity contribution in [3.05, 3.63) is 0 Å². The van der Waals surface area contributed by atoms with Crippen LogP contribution in [0.1, 0.15) is 64.7 Å². The van der Waals surface area contributed by atoms with Crippen LogP contribution in [0.2, 0.25) is 0 Å². The lowest BCUT2D eigenvalue weighted by atomic mass is 9.57. The van der Waals surface area contributed by atoms with Gasteiger partial charge in [-0.3, -0.25) is 0 Å². The summed E-state index contributed by atoms with van der Waals surface area (Å²) in [4.78, 5) is 0. The van der Waals surface area contributed by atoms with Gasteiger partial charge in [0, 0.05) is 0 Å². The number of rotatable bonds is 0. The highest BCUT2D eigenvalue weighted by Crippen LogP contribution is 2.52. The lowest BCUT2D eigenvalue weighted by molar-refractivity contribution is 0.0144. The Hall–Kier alpha value is 0. The van der Waals surface area contributed by atoms with Crippen LogP contribution in [0.25, 0.3) is 0 Å². The quantitative estimate of drug-likeness (QED) is 0.541. The summed E-state index contributed by atoms with van der Waals surface area (Å²) in [5.41, 5.74) is 0. The van der Waals surface area contributed by atoms with E-state index in [0.29, 0.717) is 0 Å². The largest absolute Gasteiger partial charge is 0.0625 e. The van der Waals surface area contributed by atoms with Gasteiger partial charge < -0.3 is 0 Å². The van der Waals surface area contributed by atoms with Gasteiger partial charge in [0.25, 0.3) is 0 Å². The third-order valence-corrected chi connectivity index (χ3v) is 5.73. The topological polar surface area (TPSA) is 0 Å². The Labute approximate surface area is 94.8 Å². The summed E-state index contributed by atoms with van der Waals surface area (Å²) >= 11 is 0. The van der Waals surface area contributed by atoms with Crippen LogP contribution in [0.5, 0.6) is 0 Å². The van der Waals surface area contributed by atoms with Crippen molar-refractivity contribution in [3.8, 4) is 0 Å². The second-order valence-corrected chi connectivity index (χ2v) is 6.63. The monoisotopic (exact) mass is 206 g/mol. The van der Waals surface area contributed by atoms with Crippen LogP contribution in [-0.2, 0) is 0 Å². The minimum atomic E-state index is 1.03. The third kappa shape index (κ3) is 1.85. The van der Waals surface area contributed by atoms with Gasteiger partial charge in [0.15, 0.2) is 0 Å². The Morgan fingerprint density at radius 1 is 0.667 bits per heavy atom. The van der Waals surface area contributed by atoms with Gasteiger partial charge in [-0.05, 0) is 61.7 Å². The highest BCUT2D eigenvalue weighted by atomic mass is 14.5. The molecule has 15 heavy (non-hydrogen) atoms. The molecule has 0 bridgehead atoms. The Kier molecular flexibility index (Phi) is 2.79. The van der Waals surface area contributed by atoms with E-state index in [-0.39, 0.29) is 0 Å². The van der Waals surface area contributed by atoms with E-state index < -0.39 is 0 Å². The zero-order valence-electron chi connectivity index (χ0n) is 10.3. The second kappa shape index (κ2) is 4.11. The first-order valence-corrected chi connectivity index (χ1v) is 7.34. The molecule has 0 aliphatic heterocycles. The number of hydrogen-bond acceptors (Lipinski definition) is 0. The first-order chi connectivity index (χ1) is 7.34. The van der Waals surface area contributed by atoms with Crippen LogP contribution in [0.4, 0.5) is 0 Å². The predicted molar refractivity (Wildman–Crippen MR) is 64.7 cm³/mol. The first kappa shape index (κ1) is 10.2. The zero-order chi connectivity index (χ0) is 10.3. The summed E-state index contributed by atoms with van der Waals surface area (Å²) in [6.07, 6.45) is 14.1. The maximum atomic E-state index is 2.48. The van der Waals surface area contributed by atoms with Crippen molar-refractivity contribution in [2.45, 2.75) is 64.7 Å². The Balaban J connectivity index is 1.72. The smallest absolute Gasteiger partial charge is 0.0355 e. The van der Waals surface area contributed by atoms with Crippen LogP contribution in [0, 0.1) is 29.6 Å². The summed E-state index contributed by atoms with van der Waals surface area (Å²) in [6.45, 7) is 2.48. The van der Waals surface area contributed by atoms with Crippen LogP contribution in [0.3, 0.4) is 0 Å². The highest BCUT2D eigenvalue weighted by Gasteiger charge is 2.41. The Morgan fingerprint density at radius 2 is 1.40 bits per heavy atom. The van der Waals surface area contributed by atoms with Crippen LogP contribution in [0.15, 0.2) is 0 Å². The van der Waals surface area contributed by atoms with E-state index >= 15 is 0 Å². The predicted octanol–water partition coefficient (Wildman–Crippen LogP) is 4.64. The molecule has 0 heterocycles. The fourth-order valence-corrected chi connectivity index (χ4v) is 5.00. The Morgan fingerprint density at radius 3 is 2.33 bits per heavy atom. The minimum Gasteiger partial charge on any atom is -0.0625 e. The molecule has 0 nitrogen and oxygen atoms in total. The van der Waals surface area contributed by atoms with E-state index in [1.807, 2.05) is 0 Å². The molecule has 0 amide bonds. The fourth-order valence-electron chi connectivity index (χ4n) is 5.00. The van der Waals surface area contributed by atoms with Crippen molar-refractivity contribution in [1.82, 2.24) is 0 Å². The number of hydrogen-bond donors (Lipinski definition) is 0. The van der Waals surface area contributed by atoms with Crippen molar-refractivity contribution in [3.63, 3.8) is 0 Å². The molecule has 5 atom stereocenters. The van der Waals surface area contributed by atoms with Gasteiger partial charge in [-0.1, -0.05) is 32.6 Å². The van der Waals surface area contributed by atoms with E-state index in [1.54, 1.807) is 44.9 Å². The van der Waals surface area contributed by atoms with Gasteiger partial charge in [-0.2, -0.15) is 0 Å². The number of fused-ring (bicyclic) bond motifs is 3. The van der Waals surface area contributed by atoms with Gasteiger partial charge in [-0.15, -0.1) is 0 Å². The van der Waals surface area contributed by atoms with Crippen molar-refractivity contribution in [2.75, 3.05) is 0 Å². The maximum Gasteiger partial charge on any atom is -0.0355 e. The van der Waals surface area contributed by atoms with E-state index in [4.69, 9.17) is 0 Å². The molecule has 86 valence electrons. The molecule has 3 aliphatic rings. The molecule has 0 N–H and O–H groups in total. The minimum absolute atomic E-state index is 1.03. The third-order valence-electron chi connectivity index (χ3n) is 5.73. The maximum absolute atomic E-state index is 2.48. The Bertz CT molecular complexity index is 220. The zero-order valence-corrected chi connectivity index (χ0v) is 10.3.